The molecule has 2 aromatic carbocycles. The number of aromatic nitrogens is 1. The summed E-state index contributed by atoms with van der Waals surface area (Å²) >= 11 is 9.50. The predicted octanol–water partition coefficient (Wildman–Crippen LogP) is 5.03. The Bertz CT molecular complexity index is 792. The van der Waals surface area contributed by atoms with Crippen LogP contribution in [0.3, 0.4) is 0 Å². The average molecular weight is 350 g/mol. The number of anilines is 1. The third-order valence-electron chi connectivity index (χ3n) is 2.88. The fraction of sp³-hybridized carbons (Fsp3) is 0. The van der Waals surface area contributed by atoms with Gasteiger partial charge in [0.2, 0.25) is 5.88 Å². The first-order valence-electron chi connectivity index (χ1n) is 5.91. The predicted molar refractivity (Wildman–Crippen MR) is 85.4 cm³/mol. The fourth-order valence-corrected chi connectivity index (χ4v) is 2.53. The van der Waals surface area contributed by atoms with Gasteiger partial charge in [-0.15, -0.1) is 0 Å². The van der Waals surface area contributed by atoms with Crippen LogP contribution in [0.1, 0.15) is 0 Å². The molecule has 5 heteroatoms. The van der Waals surface area contributed by atoms with Crippen molar-refractivity contribution in [2.24, 2.45) is 0 Å². The molecule has 1 aromatic heterocycles. The number of nitrogens with zero attached hydrogens (tertiary/aromatic N) is 1. The lowest BCUT2D eigenvalue weighted by atomic mass is 10.1. The normalized spacial score (nSPS) is 10.7. The van der Waals surface area contributed by atoms with E-state index >= 15 is 0 Å². The molecule has 0 amide bonds. The van der Waals surface area contributed by atoms with Gasteiger partial charge in [-0.25, -0.2) is 4.98 Å². The van der Waals surface area contributed by atoms with Crippen LogP contribution in [0.15, 0.2) is 53.1 Å². The van der Waals surface area contributed by atoms with Gasteiger partial charge in [-0.05, 0) is 34.1 Å². The number of ether oxygens (including phenoxy) is 1. The second kappa shape index (κ2) is 5.31. The second-order valence-corrected chi connectivity index (χ2v) is 5.56. The van der Waals surface area contributed by atoms with E-state index in [0.29, 0.717) is 22.3 Å². The van der Waals surface area contributed by atoms with E-state index in [4.69, 9.17) is 22.1 Å². The van der Waals surface area contributed by atoms with Crippen LogP contribution in [0.2, 0.25) is 5.02 Å². The molecule has 20 heavy (non-hydrogen) atoms. The zero-order valence-corrected chi connectivity index (χ0v) is 12.6. The molecule has 0 radical (unpaired) electrons. The SMILES string of the molecule is Nc1cc(Br)cnc1Oc1ccc(Cl)c2ccccc12. The van der Waals surface area contributed by atoms with Crippen LogP contribution in [0.5, 0.6) is 11.6 Å². The minimum Gasteiger partial charge on any atom is -0.436 e. The van der Waals surface area contributed by atoms with E-state index in [0.717, 1.165) is 15.2 Å². The number of nitrogens with two attached hydrogens (primary N) is 1. The van der Waals surface area contributed by atoms with Gasteiger partial charge in [-0.1, -0.05) is 35.9 Å². The molecule has 0 aliphatic rings. The van der Waals surface area contributed by atoms with Crippen LogP contribution >= 0.6 is 27.5 Å². The van der Waals surface area contributed by atoms with Crippen molar-refractivity contribution in [3.63, 3.8) is 0 Å². The van der Waals surface area contributed by atoms with Crippen molar-refractivity contribution in [2.45, 2.75) is 0 Å². The summed E-state index contributed by atoms with van der Waals surface area (Å²) in [5, 5.41) is 2.54. The van der Waals surface area contributed by atoms with E-state index in [1.807, 2.05) is 30.3 Å². The second-order valence-electron chi connectivity index (χ2n) is 4.24. The quantitative estimate of drug-likeness (QED) is 0.706. The van der Waals surface area contributed by atoms with Gasteiger partial charge in [-0.2, -0.15) is 0 Å². The first kappa shape index (κ1) is 13.2. The third kappa shape index (κ3) is 2.44. The summed E-state index contributed by atoms with van der Waals surface area (Å²) in [6, 6.07) is 13.1. The number of nitrogen functional groups attached to an aromatic ring is 1. The van der Waals surface area contributed by atoms with Crippen molar-refractivity contribution >= 4 is 44.0 Å². The van der Waals surface area contributed by atoms with Crippen LogP contribution in [0, 0.1) is 0 Å². The van der Waals surface area contributed by atoms with E-state index < -0.39 is 0 Å². The molecule has 1 heterocycles. The molecule has 0 unspecified atom stereocenters. The standard InChI is InChI=1S/C15H10BrClN2O/c16-9-7-13(18)15(19-8-9)20-14-6-5-12(17)10-3-1-2-4-11(10)14/h1-8H,18H2. The Morgan fingerprint density at radius 3 is 2.60 bits per heavy atom. The molecule has 0 aliphatic carbocycles. The van der Waals surface area contributed by atoms with Crippen molar-refractivity contribution in [1.29, 1.82) is 0 Å². The molecule has 3 aromatic rings. The van der Waals surface area contributed by atoms with Gasteiger partial charge in [0.05, 0.1) is 5.69 Å². The lowest BCUT2D eigenvalue weighted by Crippen LogP contribution is -1.95. The highest BCUT2D eigenvalue weighted by Crippen LogP contribution is 2.35. The number of pyridine rings is 1. The molecular weight excluding hydrogens is 340 g/mol. The third-order valence-corrected chi connectivity index (χ3v) is 3.65. The van der Waals surface area contributed by atoms with Crippen molar-refractivity contribution in [2.75, 3.05) is 5.73 Å². The molecule has 0 spiro atoms. The van der Waals surface area contributed by atoms with Crippen LogP contribution in [0.25, 0.3) is 10.8 Å². The molecular formula is C15H10BrClN2O. The highest BCUT2D eigenvalue weighted by molar-refractivity contribution is 9.10. The van der Waals surface area contributed by atoms with E-state index in [9.17, 15) is 0 Å². The summed E-state index contributed by atoms with van der Waals surface area (Å²) < 4.78 is 6.63. The molecule has 0 aliphatic heterocycles. The van der Waals surface area contributed by atoms with Crippen molar-refractivity contribution in [3.05, 3.63) is 58.2 Å². The molecule has 100 valence electrons. The maximum atomic E-state index is 6.18. The summed E-state index contributed by atoms with van der Waals surface area (Å²) in [6.07, 6.45) is 1.64. The molecule has 0 fully saturated rings. The number of benzene rings is 2. The first-order chi connectivity index (χ1) is 9.65. The molecule has 0 saturated carbocycles. The molecule has 3 rings (SSSR count). The zero-order chi connectivity index (χ0) is 14.1. The number of fused-ring (bicyclic) bond motifs is 1. The van der Waals surface area contributed by atoms with Crippen molar-refractivity contribution in [3.8, 4) is 11.6 Å². The van der Waals surface area contributed by atoms with Gasteiger partial charge in [0.1, 0.15) is 5.75 Å². The van der Waals surface area contributed by atoms with Gasteiger partial charge in [-0.3, -0.25) is 0 Å². The Balaban J connectivity index is 2.09. The minimum absolute atomic E-state index is 0.376. The van der Waals surface area contributed by atoms with Crippen LogP contribution in [-0.4, -0.2) is 4.98 Å². The van der Waals surface area contributed by atoms with Gasteiger partial charge in [0.15, 0.2) is 0 Å². The van der Waals surface area contributed by atoms with E-state index in [1.165, 1.54) is 0 Å². The Labute approximate surface area is 129 Å². The van der Waals surface area contributed by atoms with Crippen LogP contribution in [0.4, 0.5) is 5.69 Å². The van der Waals surface area contributed by atoms with Gasteiger partial charge in [0, 0.05) is 26.5 Å². The Kier molecular flexibility index (Phi) is 3.51. The number of hydrogen-bond acceptors (Lipinski definition) is 3. The van der Waals surface area contributed by atoms with Crippen molar-refractivity contribution < 1.29 is 4.74 Å². The largest absolute Gasteiger partial charge is 0.436 e. The first-order valence-corrected chi connectivity index (χ1v) is 7.08. The monoisotopic (exact) mass is 348 g/mol. The van der Waals surface area contributed by atoms with Gasteiger partial charge >= 0.3 is 0 Å². The van der Waals surface area contributed by atoms with E-state index in [2.05, 4.69) is 20.9 Å². The lowest BCUT2D eigenvalue weighted by Gasteiger charge is -2.10. The topological polar surface area (TPSA) is 48.1 Å². The zero-order valence-electron chi connectivity index (χ0n) is 10.3. The summed E-state index contributed by atoms with van der Waals surface area (Å²) in [5.41, 5.74) is 6.37. The number of rotatable bonds is 2. The molecule has 0 atom stereocenters. The van der Waals surface area contributed by atoms with Gasteiger partial charge < -0.3 is 10.5 Å². The summed E-state index contributed by atoms with van der Waals surface area (Å²) in [6.45, 7) is 0. The Morgan fingerprint density at radius 2 is 1.85 bits per heavy atom. The highest BCUT2D eigenvalue weighted by atomic mass is 79.9. The minimum atomic E-state index is 0.376. The summed E-state index contributed by atoms with van der Waals surface area (Å²) in [5.74, 6) is 1.05. The van der Waals surface area contributed by atoms with Crippen molar-refractivity contribution in [1.82, 2.24) is 4.98 Å². The van der Waals surface area contributed by atoms with Gasteiger partial charge in [0.25, 0.3) is 0 Å². The highest BCUT2D eigenvalue weighted by Gasteiger charge is 2.09. The maximum Gasteiger partial charge on any atom is 0.242 e. The van der Waals surface area contributed by atoms with E-state index in [1.54, 1.807) is 18.3 Å². The Morgan fingerprint density at radius 1 is 1.10 bits per heavy atom. The molecule has 3 nitrogen and oxygen atoms in total. The number of hydrogen-bond donors (Lipinski definition) is 1. The molecule has 0 bridgehead atoms. The van der Waals surface area contributed by atoms with E-state index in [-0.39, 0.29) is 0 Å². The fourth-order valence-electron chi connectivity index (χ4n) is 1.96. The molecule has 2 N–H and O–H groups in total. The summed E-state index contributed by atoms with van der Waals surface area (Å²) in [4.78, 5) is 4.18. The Hall–Kier alpha value is -1.78. The average Bonchev–Trinajstić information content (AvgIpc) is 2.45. The smallest absolute Gasteiger partial charge is 0.242 e. The van der Waals surface area contributed by atoms with Crippen LogP contribution in [-0.2, 0) is 0 Å². The maximum absolute atomic E-state index is 6.18. The van der Waals surface area contributed by atoms with Crippen LogP contribution < -0.4 is 10.5 Å². The summed E-state index contributed by atoms with van der Waals surface area (Å²) in [7, 11) is 0. The lowest BCUT2D eigenvalue weighted by molar-refractivity contribution is 0.471. The number of halogens is 2. The molecule has 0 saturated heterocycles.